The summed E-state index contributed by atoms with van der Waals surface area (Å²) in [6.45, 7) is 8.00. The molecule has 3 rings (SSSR count). The molecule has 0 N–H and O–H groups in total. The number of hydrogen-bond donors (Lipinski definition) is 0. The molecule has 0 spiro atoms. The molecule has 0 aromatic heterocycles. The molecule has 0 unspecified atom stereocenters. The number of ether oxygens (including phenoxy) is 2. The van der Waals surface area contributed by atoms with Crippen LogP contribution in [0.25, 0.3) is 6.08 Å². The van der Waals surface area contributed by atoms with Crippen LogP contribution in [-0.2, 0) is 11.4 Å². The molecular formula is C24H26ClN3O5S. The van der Waals surface area contributed by atoms with Crippen molar-refractivity contribution in [3.63, 3.8) is 0 Å². The van der Waals surface area contributed by atoms with Crippen LogP contribution in [0.4, 0.5) is 5.69 Å². The van der Waals surface area contributed by atoms with Gasteiger partial charge in [0.25, 0.3) is 11.6 Å². The molecule has 0 radical (unpaired) electrons. The van der Waals surface area contributed by atoms with Crippen LogP contribution in [0.15, 0.2) is 46.3 Å². The first-order valence-corrected chi connectivity index (χ1v) is 11.8. The first-order chi connectivity index (χ1) is 16.1. The highest BCUT2D eigenvalue weighted by molar-refractivity contribution is 8.18. The van der Waals surface area contributed by atoms with Crippen LogP contribution in [0, 0.1) is 10.1 Å². The van der Waals surface area contributed by atoms with Gasteiger partial charge in [-0.15, -0.1) is 0 Å². The van der Waals surface area contributed by atoms with Gasteiger partial charge in [-0.2, -0.15) is 0 Å². The van der Waals surface area contributed by atoms with E-state index in [2.05, 4.69) is 4.99 Å². The molecule has 1 amide bonds. The predicted octanol–water partition coefficient (Wildman–Crippen LogP) is 5.92. The zero-order valence-corrected chi connectivity index (χ0v) is 21.1. The Hall–Kier alpha value is -3.04. The predicted molar refractivity (Wildman–Crippen MR) is 136 cm³/mol. The van der Waals surface area contributed by atoms with E-state index >= 15 is 0 Å². The van der Waals surface area contributed by atoms with Gasteiger partial charge in [-0.25, -0.2) is 0 Å². The normalized spacial score (nSPS) is 16.2. The van der Waals surface area contributed by atoms with Crippen LogP contribution in [0.2, 0.25) is 5.02 Å². The highest BCUT2D eigenvalue weighted by Crippen LogP contribution is 2.40. The van der Waals surface area contributed by atoms with Crippen molar-refractivity contribution >= 4 is 46.2 Å². The summed E-state index contributed by atoms with van der Waals surface area (Å²) in [4.78, 5) is 30.2. The van der Waals surface area contributed by atoms with E-state index in [1.165, 1.54) is 31.0 Å². The highest BCUT2D eigenvalue weighted by atomic mass is 35.5. The minimum atomic E-state index is -0.455. The van der Waals surface area contributed by atoms with Gasteiger partial charge < -0.3 is 9.47 Å². The van der Waals surface area contributed by atoms with E-state index in [-0.39, 0.29) is 30.3 Å². The van der Waals surface area contributed by atoms with Gasteiger partial charge in [-0.05, 0) is 80.9 Å². The third-order valence-electron chi connectivity index (χ3n) is 4.80. The number of halogens is 1. The van der Waals surface area contributed by atoms with Crippen LogP contribution in [-0.4, -0.2) is 40.1 Å². The van der Waals surface area contributed by atoms with Crippen molar-refractivity contribution in [2.75, 3.05) is 7.11 Å². The summed E-state index contributed by atoms with van der Waals surface area (Å²) in [5.41, 5.74) is 1.44. The van der Waals surface area contributed by atoms with E-state index in [0.717, 1.165) is 5.56 Å². The Morgan fingerprint density at radius 2 is 1.88 bits per heavy atom. The molecule has 180 valence electrons. The molecule has 1 saturated heterocycles. The van der Waals surface area contributed by atoms with Crippen LogP contribution in [0.5, 0.6) is 11.5 Å². The van der Waals surface area contributed by atoms with Crippen LogP contribution < -0.4 is 9.47 Å². The summed E-state index contributed by atoms with van der Waals surface area (Å²) in [5, 5.41) is 11.8. The van der Waals surface area contributed by atoms with Crippen molar-refractivity contribution in [2.24, 2.45) is 4.99 Å². The Morgan fingerprint density at radius 3 is 2.44 bits per heavy atom. The number of non-ortho nitro benzene ring substituents is 1. The second kappa shape index (κ2) is 10.9. The van der Waals surface area contributed by atoms with E-state index in [9.17, 15) is 14.9 Å². The number of carbonyl (C=O) groups excluding carboxylic acids is 1. The molecule has 2 aromatic carbocycles. The minimum Gasteiger partial charge on any atom is -0.493 e. The fourth-order valence-corrected chi connectivity index (χ4v) is 4.74. The van der Waals surface area contributed by atoms with Gasteiger partial charge in [-0.1, -0.05) is 11.6 Å². The molecule has 1 fully saturated rings. The lowest BCUT2D eigenvalue weighted by Crippen LogP contribution is -2.35. The average molecular weight is 504 g/mol. The molecule has 34 heavy (non-hydrogen) atoms. The monoisotopic (exact) mass is 503 g/mol. The van der Waals surface area contributed by atoms with E-state index in [1.54, 1.807) is 35.2 Å². The maximum absolute atomic E-state index is 13.0. The Kier molecular flexibility index (Phi) is 8.22. The minimum absolute atomic E-state index is 0.00807. The topological polar surface area (TPSA) is 94.3 Å². The van der Waals surface area contributed by atoms with E-state index in [0.29, 0.717) is 32.2 Å². The average Bonchev–Trinajstić information content (AvgIpc) is 3.06. The first-order valence-electron chi connectivity index (χ1n) is 10.6. The second-order valence-corrected chi connectivity index (χ2v) is 9.55. The number of methoxy groups -OCH3 is 1. The molecule has 2 aromatic rings. The third-order valence-corrected chi connectivity index (χ3v) is 6.08. The summed E-state index contributed by atoms with van der Waals surface area (Å²) in [6.07, 6.45) is 1.76. The Balaban J connectivity index is 1.84. The van der Waals surface area contributed by atoms with Gasteiger partial charge in [0.05, 0.1) is 22.0 Å². The lowest BCUT2D eigenvalue weighted by Gasteiger charge is -2.20. The quantitative estimate of drug-likeness (QED) is 0.252. The molecule has 0 atom stereocenters. The van der Waals surface area contributed by atoms with Crippen LogP contribution >= 0.6 is 23.4 Å². The number of thioether (sulfide) groups is 1. The van der Waals surface area contributed by atoms with Gasteiger partial charge in [0.1, 0.15) is 6.61 Å². The second-order valence-electron chi connectivity index (χ2n) is 8.13. The SMILES string of the molecule is COc1cc(/C=C2/SC(=NC(C)C)N(C(C)C)C2=O)cc(Cl)c1OCc1ccc([N+](=O)[O-])cc1. The van der Waals surface area contributed by atoms with Gasteiger partial charge in [0.15, 0.2) is 16.7 Å². The van der Waals surface area contributed by atoms with Gasteiger partial charge >= 0.3 is 0 Å². The van der Waals surface area contributed by atoms with Crippen molar-refractivity contribution in [2.45, 2.75) is 46.4 Å². The van der Waals surface area contributed by atoms with Crippen LogP contribution in [0.3, 0.4) is 0 Å². The van der Waals surface area contributed by atoms with E-state index < -0.39 is 4.92 Å². The number of nitro groups is 1. The Bertz CT molecular complexity index is 1150. The molecule has 10 heteroatoms. The third kappa shape index (κ3) is 5.90. The highest BCUT2D eigenvalue weighted by Gasteiger charge is 2.35. The number of rotatable bonds is 8. The zero-order valence-electron chi connectivity index (χ0n) is 19.6. The summed E-state index contributed by atoms with van der Waals surface area (Å²) >= 11 is 7.83. The maximum Gasteiger partial charge on any atom is 0.269 e. The molecule has 8 nitrogen and oxygen atoms in total. The number of aliphatic imine (C=N–C) groups is 1. The summed E-state index contributed by atoms with van der Waals surface area (Å²) in [5.74, 6) is 0.655. The molecule has 1 heterocycles. The molecule has 1 aliphatic heterocycles. The lowest BCUT2D eigenvalue weighted by molar-refractivity contribution is -0.384. The summed E-state index contributed by atoms with van der Waals surface area (Å²) in [6, 6.07) is 9.58. The fourth-order valence-electron chi connectivity index (χ4n) is 3.24. The fraction of sp³-hybridized carbons (Fsp3) is 0.333. The van der Waals surface area contributed by atoms with Gasteiger partial charge in [0.2, 0.25) is 0 Å². The molecule has 0 saturated carbocycles. The first kappa shape index (κ1) is 25.6. The summed E-state index contributed by atoms with van der Waals surface area (Å²) < 4.78 is 11.3. The van der Waals surface area contributed by atoms with Crippen LogP contribution in [0.1, 0.15) is 38.8 Å². The van der Waals surface area contributed by atoms with E-state index in [4.69, 9.17) is 21.1 Å². The molecule has 1 aliphatic rings. The van der Waals surface area contributed by atoms with E-state index in [1.807, 2.05) is 27.7 Å². The maximum atomic E-state index is 13.0. The van der Waals surface area contributed by atoms with Crippen molar-refractivity contribution in [3.8, 4) is 11.5 Å². The molecule has 0 aliphatic carbocycles. The molecular weight excluding hydrogens is 478 g/mol. The summed E-state index contributed by atoms with van der Waals surface area (Å²) in [7, 11) is 1.50. The standard InChI is InChI=1S/C24H26ClN3O5S/c1-14(2)26-24-27(15(3)4)23(29)21(34-24)12-17-10-19(25)22(20(11-17)32-5)33-13-16-6-8-18(9-7-16)28(30)31/h6-12,14-15H,13H2,1-5H3/b21-12+,26-24?. The number of carbonyl (C=O) groups is 1. The van der Waals surface area contributed by atoms with Gasteiger partial charge in [-0.3, -0.25) is 24.8 Å². The Morgan fingerprint density at radius 1 is 1.21 bits per heavy atom. The number of amidine groups is 1. The van der Waals surface area contributed by atoms with Gasteiger partial charge in [0, 0.05) is 24.2 Å². The van der Waals surface area contributed by atoms with Crippen molar-refractivity contribution in [1.82, 2.24) is 4.90 Å². The number of amides is 1. The van der Waals surface area contributed by atoms with Crippen molar-refractivity contribution in [3.05, 3.63) is 67.6 Å². The lowest BCUT2D eigenvalue weighted by atomic mass is 10.1. The number of nitro benzene ring substituents is 1. The number of hydrogen-bond acceptors (Lipinski definition) is 7. The van der Waals surface area contributed by atoms with Crippen molar-refractivity contribution < 1.29 is 19.2 Å². The van der Waals surface area contributed by atoms with Crippen molar-refractivity contribution in [1.29, 1.82) is 0 Å². The smallest absolute Gasteiger partial charge is 0.269 e. The largest absolute Gasteiger partial charge is 0.493 e. The molecule has 0 bridgehead atoms. The number of benzene rings is 2. The Labute approximate surface area is 207 Å². The zero-order chi connectivity index (χ0) is 25.0. The number of nitrogens with zero attached hydrogens (tertiary/aromatic N) is 3.